The van der Waals surface area contributed by atoms with Crippen molar-refractivity contribution in [2.45, 2.75) is 0 Å². The van der Waals surface area contributed by atoms with Crippen molar-refractivity contribution in [2.75, 3.05) is 0 Å². The minimum atomic E-state index is 0. The molecule has 0 radical (unpaired) electrons. The number of nitrogens with one attached hydrogen (secondary N) is 2. The van der Waals surface area contributed by atoms with Gasteiger partial charge < -0.3 is 4.98 Å². The average Bonchev–Trinajstić information content (AvgIpc) is 2.35. The molecule has 0 fully saturated rings. The maximum absolute atomic E-state index is 7.17. The van der Waals surface area contributed by atoms with Gasteiger partial charge in [-0.3, -0.25) is 5.41 Å². The van der Waals surface area contributed by atoms with Gasteiger partial charge in [-0.1, -0.05) is 0 Å². The number of aromatic amines is 1. The first-order chi connectivity index (χ1) is 4.38. The molecule has 4 nitrogen and oxygen atoms in total. The summed E-state index contributed by atoms with van der Waals surface area (Å²) in [7, 11) is 0. The summed E-state index contributed by atoms with van der Waals surface area (Å²) in [4.78, 5) is 2.84. The number of fused-ring (bicyclic) bond motifs is 1. The van der Waals surface area contributed by atoms with Gasteiger partial charge in [0.2, 0.25) is 0 Å². The Morgan fingerprint density at radius 1 is 1.44 bits per heavy atom. The molecular weight excluding hydrogens is 116 g/mol. The van der Waals surface area contributed by atoms with Crippen molar-refractivity contribution in [2.24, 2.45) is 10.2 Å². The van der Waals surface area contributed by atoms with Crippen LogP contribution in [0.5, 0.6) is 0 Å². The van der Waals surface area contributed by atoms with E-state index in [2.05, 4.69) is 15.2 Å². The van der Waals surface area contributed by atoms with E-state index in [9.17, 15) is 0 Å². The molecule has 1 aliphatic heterocycles. The molecule has 0 aromatic carbocycles. The molecule has 2 N–H and O–H groups in total. The predicted molar refractivity (Wildman–Crippen MR) is 33.2 cm³/mol. The third-order valence-electron chi connectivity index (χ3n) is 1.24. The van der Waals surface area contributed by atoms with Crippen molar-refractivity contribution in [1.29, 1.82) is 5.41 Å². The van der Waals surface area contributed by atoms with Crippen molar-refractivity contribution >= 4 is 11.5 Å². The zero-order valence-corrected chi connectivity index (χ0v) is 4.55. The number of H-pyrrole nitrogens is 1. The number of hydrogen-bond donors (Lipinski definition) is 2. The second kappa shape index (κ2) is 1.28. The molecule has 1 aromatic rings. The molecule has 0 saturated heterocycles. The van der Waals surface area contributed by atoms with Crippen LogP contribution in [0.4, 0.5) is 5.69 Å². The minimum Gasteiger partial charge on any atom is -0.365 e. The third-order valence-corrected chi connectivity index (χ3v) is 1.24. The molecule has 0 aliphatic carbocycles. The van der Waals surface area contributed by atoms with Crippen LogP contribution in [0.1, 0.15) is 6.99 Å². The summed E-state index contributed by atoms with van der Waals surface area (Å²) < 4.78 is 0. The van der Waals surface area contributed by atoms with Crippen LogP contribution < -0.4 is 0 Å². The third kappa shape index (κ3) is 0.440. The Bertz CT molecular complexity index is 288. The smallest absolute Gasteiger partial charge is 0.365 e. The van der Waals surface area contributed by atoms with Crippen molar-refractivity contribution in [1.82, 2.24) is 4.98 Å². The summed E-state index contributed by atoms with van der Waals surface area (Å²) in [5, 5.41) is 14.4. The Labute approximate surface area is 52.6 Å². The van der Waals surface area contributed by atoms with Crippen LogP contribution in [-0.4, -0.2) is 10.8 Å². The lowest BCUT2D eigenvalue weighted by atomic mass is 10.3. The van der Waals surface area contributed by atoms with Gasteiger partial charge >= 0.3 is 1.43 Å². The fourth-order valence-electron chi connectivity index (χ4n) is 0.786. The summed E-state index contributed by atoms with van der Waals surface area (Å²) in [6, 6.07) is 0. The van der Waals surface area contributed by atoms with Crippen LogP contribution in [-0.2, 0) is 0 Å². The standard InChI is InChI=1S/C5H4N4/c6-5-3-1-7-2-4(3)8-9-5/h1-2,6-7H/p+1. The van der Waals surface area contributed by atoms with E-state index >= 15 is 0 Å². The van der Waals surface area contributed by atoms with E-state index in [1.54, 1.807) is 12.4 Å². The van der Waals surface area contributed by atoms with Crippen LogP contribution in [0.25, 0.3) is 0 Å². The Hall–Kier alpha value is -1.45. The van der Waals surface area contributed by atoms with Crippen molar-refractivity contribution in [3.05, 3.63) is 18.0 Å². The Balaban J connectivity index is 0.000000500. The van der Waals surface area contributed by atoms with E-state index in [0.29, 0.717) is 0 Å². The molecule has 1 aliphatic rings. The van der Waals surface area contributed by atoms with Gasteiger partial charge in [-0.15, -0.1) is 10.2 Å². The van der Waals surface area contributed by atoms with E-state index in [0.717, 1.165) is 11.3 Å². The van der Waals surface area contributed by atoms with Gasteiger partial charge in [0.15, 0.2) is 5.84 Å². The van der Waals surface area contributed by atoms with Gasteiger partial charge in [0, 0.05) is 12.4 Å². The monoisotopic (exact) mass is 121 g/mol. The molecule has 44 valence electrons. The minimum absolute atomic E-state index is 0. The fraction of sp³-hybridized carbons (Fsp3) is 0. The molecule has 1 aromatic heterocycles. The first kappa shape index (κ1) is 4.43. The summed E-state index contributed by atoms with van der Waals surface area (Å²) in [5.74, 6) is 0.242. The van der Waals surface area contributed by atoms with Gasteiger partial charge in [0.1, 0.15) is 5.69 Å². The van der Waals surface area contributed by atoms with Crippen LogP contribution >= 0.6 is 0 Å². The molecule has 0 saturated carbocycles. The average molecular weight is 121 g/mol. The maximum Gasteiger partial charge on any atom is 1.00 e. The molecule has 0 unspecified atom stereocenters. The van der Waals surface area contributed by atoms with Crippen molar-refractivity contribution in [3.8, 4) is 0 Å². The number of nitrogens with zero attached hydrogens (tertiary/aromatic N) is 2. The Morgan fingerprint density at radius 2 is 2.33 bits per heavy atom. The second-order valence-corrected chi connectivity index (χ2v) is 1.80. The molecule has 0 spiro atoms. The number of hydrogen-bond acceptors (Lipinski definition) is 2. The van der Waals surface area contributed by atoms with Crippen LogP contribution in [0, 0.1) is 5.41 Å². The largest absolute Gasteiger partial charge is 1.00 e. The number of aromatic nitrogens is 1. The van der Waals surface area contributed by atoms with E-state index in [1.807, 2.05) is 0 Å². The zero-order valence-electron chi connectivity index (χ0n) is 5.55. The van der Waals surface area contributed by atoms with Gasteiger partial charge in [-0.05, 0) is 0 Å². The molecule has 0 bridgehead atoms. The second-order valence-electron chi connectivity index (χ2n) is 1.80. The Morgan fingerprint density at radius 3 is 3.11 bits per heavy atom. The van der Waals surface area contributed by atoms with Gasteiger partial charge in [-0.25, -0.2) is 0 Å². The highest BCUT2D eigenvalue weighted by atomic mass is 15.2. The quantitative estimate of drug-likeness (QED) is 0.523. The molecule has 0 amide bonds. The highest BCUT2D eigenvalue weighted by Crippen LogP contribution is 2.24. The first-order valence-electron chi connectivity index (χ1n) is 2.55. The predicted octanol–water partition coefficient (Wildman–Crippen LogP) is 1.55. The lowest BCUT2D eigenvalue weighted by Gasteiger charge is -1.78. The van der Waals surface area contributed by atoms with E-state index < -0.39 is 0 Å². The van der Waals surface area contributed by atoms with E-state index in [-0.39, 0.29) is 7.26 Å². The van der Waals surface area contributed by atoms with E-state index in [4.69, 9.17) is 5.41 Å². The molecule has 9 heavy (non-hydrogen) atoms. The summed E-state index contributed by atoms with van der Waals surface area (Å²) in [6.07, 6.45) is 3.44. The summed E-state index contributed by atoms with van der Waals surface area (Å²) in [5.41, 5.74) is 1.55. The summed E-state index contributed by atoms with van der Waals surface area (Å²) >= 11 is 0. The Kier molecular flexibility index (Phi) is 0.631. The van der Waals surface area contributed by atoms with Crippen molar-refractivity contribution < 1.29 is 1.43 Å². The molecule has 0 atom stereocenters. The summed E-state index contributed by atoms with van der Waals surface area (Å²) in [6.45, 7) is 0. The lowest BCUT2D eigenvalue weighted by molar-refractivity contribution is 1.28. The normalized spacial score (nSPS) is 14.4. The zero-order chi connectivity index (χ0) is 6.27. The maximum atomic E-state index is 7.17. The van der Waals surface area contributed by atoms with Gasteiger partial charge in [0.05, 0.1) is 5.56 Å². The lowest BCUT2D eigenvalue weighted by Crippen LogP contribution is -1.84. The van der Waals surface area contributed by atoms with E-state index in [1.165, 1.54) is 0 Å². The molecule has 4 heteroatoms. The molecular formula is C5H5N4+. The number of amidine groups is 1. The SMILES string of the molecule is N=C1N=Nc2c[nH]cc21.[H+]. The highest BCUT2D eigenvalue weighted by Gasteiger charge is 2.13. The molecule has 2 heterocycles. The van der Waals surface area contributed by atoms with Crippen LogP contribution in [0.3, 0.4) is 0 Å². The first-order valence-corrected chi connectivity index (χ1v) is 2.55. The van der Waals surface area contributed by atoms with Gasteiger partial charge in [0.25, 0.3) is 0 Å². The number of rotatable bonds is 0. The fourth-order valence-corrected chi connectivity index (χ4v) is 0.786. The highest BCUT2D eigenvalue weighted by molar-refractivity contribution is 6.03. The number of azo groups is 1. The topological polar surface area (TPSA) is 64.4 Å². The van der Waals surface area contributed by atoms with Crippen molar-refractivity contribution in [3.63, 3.8) is 0 Å². The van der Waals surface area contributed by atoms with Gasteiger partial charge in [-0.2, -0.15) is 0 Å². The molecule has 2 rings (SSSR count). The van der Waals surface area contributed by atoms with Crippen LogP contribution in [0.2, 0.25) is 0 Å². The van der Waals surface area contributed by atoms with Crippen LogP contribution in [0.15, 0.2) is 22.6 Å².